The highest BCUT2D eigenvalue weighted by molar-refractivity contribution is 6.18. The number of nitrogens with zero attached hydrogens (tertiary/aromatic N) is 1. The third-order valence-electron chi connectivity index (χ3n) is 11.5. The van der Waals surface area contributed by atoms with E-state index >= 15 is 0 Å². The predicted octanol–water partition coefficient (Wildman–Crippen LogP) is 6.24. The summed E-state index contributed by atoms with van der Waals surface area (Å²) in [5.74, 6) is 3.37. The summed E-state index contributed by atoms with van der Waals surface area (Å²) in [4.78, 5) is 2.19. The topological polar surface area (TPSA) is 136 Å². The van der Waals surface area contributed by atoms with Crippen molar-refractivity contribution in [2.24, 2.45) is 0 Å². The second-order valence-electron chi connectivity index (χ2n) is 17.2. The lowest BCUT2D eigenvalue weighted by Gasteiger charge is -2.28. The number of alkyl halides is 1. The van der Waals surface area contributed by atoms with Crippen LogP contribution in [-0.4, -0.2) is 144 Å². The molecule has 4 aromatic rings. The van der Waals surface area contributed by atoms with Crippen molar-refractivity contribution < 1.29 is 48.1 Å². The fourth-order valence-corrected chi connectivity index (χ4v) is 7.08. The monoisotopic (exact) mass is 890 g/mol. The molecule has 4 atom stereocenters. The Morgan fingerprint density at radius 3 is 1.24 bits per heavy atom. The van der Waals surface area contributed by atoms with Crippen LogP contribution in [0.15, 0.2) is 97.1 Å². The van der Waals surface area contributed by atoms with E-state index < -0.39 is 12.2 Å². The molecule has 344 valence electrons. The second kappa shape index (κ2) is 24.4. The number of benzene rings is 4. The highest BCUT2D eigenvalue weighted by Crippen LogP contribution is 2.35. The van der Waals surface area contributed by atoms with Gasteiger partial charge in [0, 0.05) is 43.6 Å². The number of nitrogens with one attached hydrogen (secondary N) is 1. The number of halogens is 1. The van der Waals surface area contributed by atoms with Gasteiger partial charge >= 0.3 is 0 Å². The van der Waals surface area contributed by atoms with Gasteiger partial charge in [0.15, 0.2) is 0 Å². The van der Waals surface area contributed by atoms with Crippen molar-refractivity contribution in [3.8, 4) is 23.0 Å². The molecular formula is C50H67ClN2O10. The molecule has 4 heterocycles. The molecule has 0 radical (unpaired) electrons. The van der Waals surface area contributed by atoms with Crippen LogP contribution in [0, 0.1) is 0 Å². The summed E-state index contributed by atoms with van der Waals surface area (Å²) in [6, 6.07) is 32.6. The van der Waals surface area contributed by atoms with E-state index in [1.165, 1.54) is 11.1 Å². The van der Waals surface area contributed by atoms with Crippen LogP contribution in [0.2, 0.25) is 0 Å². The largest absolute Gasteiger partial charge is 0.491 e. The SMILES string of the molecule is C1COCCN1.CC(C)(c1ccc(OCC(O)CCl)cc1)c1ccc(OCC(O)CN2CCOCC2)cc1.CC(C)(c1ccc(OCC2CO2)cc1)c1ccc(OCC2CO2)cc1. The van der Waals surface area contributed by atoms with Crippen LogP contribution in [0.4, 0.5) is 0 Å². The highest BCUT2D eigenvalue weighted by atomic mass is 35.5. The van der Waals surface area contributed by atoms with Gasteiger partial charge in [0.1, 0.15) is 73.8 Å². The van der Waals surface area contributed by atoms with Crippen LogP contribution in [0.3, 0.4) is 0 Å². The van der Waals surface area contributed by atoms with E-state index in [4.69, 9.17) is 49.5 Å². The molecule has 13 heteroatoms. The molecular weight excluding hydrogens is 824 g/mol. The van der Waals surface area contributed by atoms with Crippen LogP contribution in [-0.2, 0) is 29.8 Å². The Kier molecular flexibility index (Phi) is 18.8. The summed E-state index contributed by atoms with van der Waals surface area (Å²) in [7, 11) is 0. The van der Waals surface area contributed by atoms with Gasteiger partial charge in [0.25, 0.3) is 0 Å². The zero-order valence-electron chi connectivity index (χ0n) is 37.3. The van der Waals surface area contributed by atoms with Crippen LogP contribution < -0.4 is 24.3 Å². The maximum Gasteiger partial charge on any atom is 0.119 e. The van der Waals surface area contributed by atoms with Crippen molar-refractivity contribution in [3.05, 3.63) is 119 Å². The first-order valence-electron chi connectivity index (χ1n) is 22.2. The molecule has 12 nitrogen and oxygen atoms in total. The van der Waals surface area contributed by atoms with Gasteiger partial charge in [0.05, 0.1) is 45.5 Å². The van der Waals surface area contributed by atoms with Crippen molar-refractivity contribution in [2.75, 3.05) is 105 Å². The number of hydrogen-bond donors (Lipinski definition) is 3. The molecule has 63 heavy (non-hydrogen) atoms. The van der Waals surface area contributed by atoms with E-state index in [0.29, 0.717) is 25.5 Å². The van der Waals surface area contributed by atoms with Crippen LogP contribution in [0.1, 0.15) is 49.9 Å². The minimum atomic E-state index is -0.672. The first kappa shape index (κ1) is 48.5. The minimum Gasteiger partial charge on any atom is -0.491 e. The molecule has 4 unspecified atom stereocenters. The molecule has 4 aliphatic heterocycles. The van der Waals surface area contributed by atoms with Crippen LogP contribution in [0.25, 0.3) is 0 Å². The fraction of sp³-hybridized carbons (Fsp3) is 0.520. The minimum absolute atomic E-state index is 0.0870. The van der Waals surface area contributed by atoms with Crippen LogP contribution in [0.5, 0.6) is 23.0 Å². The standard InChI is InChI=1S/C25H34ClNO5.C21H24O4.C4H9NO/c1-25(2,19-3-7-23(8-4-19)31-17-21(28)15-26)20-5-9-24(10-6-20)32-18-22(29)16-27-11-13-30-14-12-27;1-21(2,15-3-7-17(8-4-15)22-11-19-13-24-19)16-5-9-18(10-6-16)23-12-20-14-25-20;1-3-6-4-2-5-1/h3-10,21-22,28-29H,11-18H2,1-2H3;3-10,19-20H,11-14H2,1-2H3;5H,1-4H2. The average molecular weight is 892 g/mol. The lowest BCUT2D eigenvalue weighted by molar-refractivity contribution is 0.00465. The summed E-state index contributed by atoms with van der Waals surface area (Å²) in [5, 5.41) is 23.0. The number of epoxide rings is 2. The zero-order valence-corrected chi connectivity index (χ0v) is 38.1. The van der Waals surface area contributed by atoms with Crippen molar-refractivity contribution in [1.29, 1.82) is 0 Å². The molecule has 0 aromatic heterocycles. The van der Waals surface area contributed by atoms with Gasteiger partial charge in [0.2, 0.25) is 0 Å². The van der Waals surface area contributed by atoms with E-state index in [2.05, 4.69) is 74.3 Å². The van der Waals surface area contributed by atoms with E-state index in [0.717, 1.165) is 94.2 Å². The Bertz CT molecular complexity index is 1810. The van der Waals surface area contributed by atoms with Gasteiger partial charge in [-0.05, 0) is 70.8 Å². The van der Waals surface area contributed by atoms with Gasteiger partial charge in [-0.2, -0.15) is 0 Å². The number of morpholine rings is 2. The molecule has 4 fully saturated rings. The van der Waals surface area contributed by atoms with Crippen molar-refractivity contribution in [2.45, 2.75) is 62.9 Å². The number of aliphatic hydroxyl groups excluding tert-OH is 2. The highest BCUT2D eigenvalue weighted by Gasteiger charge is 2.27. The van der Waals surface area contributed by atoms with Gasteiger partial charge in [-0.25, -0.2) is 0 Å². The molecule has 0 saturated carbocycles. The van der Waals surface area contributed by atoms with Gasteiger partial charge in [-0.15, -0.1) is 11.6 Å². The smallest absolute Gasteiger partial charge is 0.119 e. The van der Waals surface area contributed by atoms with Gasteiger partial charge < -0.3 is 53.4 Å². The Hall–Kier alpha value is -3.95. The summed E-state index contributed by atoms with van der Waals surface area (Å²) < 4.78 is 43.5. The summed E-state index contributed by atoms with van der Waals surface area (Å²) in [6.45, 7) is 19.7. The van der Waals surface area contributed by atoms with Crippen LogP contribution >= 0.6 is 11.6 Å². The predicted molar refractivity (Wildman–Crippen MR) is 245 cm³/mol. The number of β-amino-alcohol motifs (C(OH)–C–C–N with tert-alkyl or cyclic N) is 1. The molecule has 0 aliphatic carbocycles. The van der Waals surface area contributed by atoms with Crippen molar-refractivity contribution in [3.63, 3.8) is 0 Å². The third kappa shape index (κ3) is 16.2. The van der Waals surface area contributed by atoms with Crippen molar-refractivity contribution >= 4 is 11.6 Å². The molecule has 0 spiro atoms. The maximum atomic E-state index is 10.3. The summed E-state index contributed by atoms with van der Waals surface area (Å²) in [5.41, 5.74) is 4.52. The summed E-state index contributed by atoms with van der Waals surface area (Å²) in [6.07, 6.45) is -0.642. The molecule has 4 aliphatic rings. The number of ether oxygens (including phenoxy) is 8. The lowest BCUT2D eigenvalue weighted by atomic mass is 9.78. The quantitative estimate of drug-likeness (QED) is 0.0727. The Labute approximate surface area is 378 Å². The molecule has 0 bridgehead atoms. The molecule has 3 N–H and O–H groups in total. The van der Waals surface area contributed by atoms with E-state index in [1.807, 2.05) is 60.7 Å². The van der Waals surface area contributed by atoms with E-state index in [1.54, 1.807) is 0 Å². The first-order chi connectivity index (χ1) is 30.5. The molecule has 4 saturated heterocycles. The van der Waals surface area contributed by atoms with Gasteiger partial charge in [-0.1, -0.05) is 76.2 Å². The van der Waals surface area contributed by atoms with E-state index in [9.17, 15) is 10.2 Å². The maximum absolute atomic E-state index is 10.3. The Morgan fingerprint density at radius 1 is 0.571 bits per heavy atom. The Balaban J connectivity index is 0.000000188. The summed E-state index contributed by atoms with van der Waals surface area (Å²) >= 11 is 5.60. The lowest BCUT2D eigenvalue weighted by Crippen LogP contribution is -2.42. The molecule has 8 rings (SSSR count). The number of aliphatic hydroxyl groups is 2. The fourth-order valence-electron chi connectivity index (χ4n) is 6.99. The number of rotatable bonds is 19. The van der Waals surface area contributed by atoms with E-state index in [-0.39, 0.29) is 42.1 Å². The third-order valence-corrected chi connectivity index (χ3v) is 11.8. The second-order valence-corrected chi connectivity index (χ2v) is 17.5. The molecule has 4 aromatic carbocycles. The Morgan fingerprint density at radius 2 is 0.921 bits per heavy atom. The molecule has 0 amide bonds. The zero-order chi connectivity index (χ0) is 44.5. The number of hydrogen-bond acceptors (Lipinski definition) is 12. The van der Waals surface area contributed by atoms with Crippen molar-refractivity contribution in [1.82, 2.24) is 10.2 Å². The average Bonchev–Trinajstić information content (AvgIpc) is 4.28. The first-order valence-corrected chi connectivity index (χ1v) is 22.7. The normalized spacial score (nSPS) is 19.5. The van der Waals surface area contributed by atoms with Gasteiger partial charge in [-0.3, -0.25) is 4.90 Å².